The molecule has 0 atom stereocenters. The number of anilines is 1. The van der Waals surface area contributed by atoms with Crippen LogP contribution in [-0.2, 0) is 19.6 Å². The Balaban J connectivity index is 2.20. The van der Waals surface area contributed by atoms with Crippen LogP contribution < -0.4 is 9.04 Å². The van der Waals surface area contributed by atoms with Crippen LogP contribution in [0.2, 0.25) is 0 Å². The largest absolute Gasteiger partial charge is 0.497 e. The van der Waals surface area contributed by atoms with E-state index >= 15 is 0 Å². The minimum absolute atomic E-state index is 0.0894. The summed E-state index contributed by atoms with van der Waals surface area (Å²) in [4.78, 5) is 22.3. The Kier molecular flexibility index (Phi) is 6.26. The number of aliphatic carboxylic acids is 2. The molecule has 0 aliphatic carbocycles. The fourth-order valence-corrected chi connectivity index (χ4v) is 4.56. The van der Waals surface area contributed by atoms with Crippen LogP contribution in [0.1, 0.15) is 5.56 Å². The molecule has 0 aromatic heterocycles. The summed E-state index contributed by atoms with van der Waals surface area (Å²) < 4.78 is 32.6. The second-order valence-corrected chi connectivity index (χ2v) is 8.33. The van der Waals surface area contributed by atoms with Crippen molar-refractivity contribution in [2.24, 2.45) is 0 Å². The number of carboxylic acids is 2. The van der Waals surface area contributed by atoms with Gasteiger partial charge in [0.2, 0.25) is 0 Å². The van der Waals surface area contributed by atoms with Crippen LogP contribution in [0.5, 0.6) is 5.75 Å². The van der Waals surface area contributed by atoms with Gasteiger partial charge in [-0.25, -0.2) is 13.2 Å². The van der Waals surface area contributed by atoms with Crippen LogP contribution in [0.4, 0.5) is 5.69 Å². The van der Waals surface area contributed by atoms with Crippen molar-refractivity contribution >= 4 is 44.5 Å². The molecule has 3 rings (SSSR count). The topological polar surface area (TPSA) is 121 Å². The molecule has 0 spiro atoms. The molecule has 0 fully saturated rings. The molecular weight excluding hydrogens is 422 g/mol. The Morgan fingerprint density at radius 2 is 1.61 bits per heavy atom. The van der Waals surface area contributed by atoms with E-state index in [0.717, 1.165) is 10.4 Å². The van der Waals surface area contributed by atoms with Crippen molar-refractivity contribution in [1.29, 1.82) is 0 Å². The molecular formula is C22H19NO7S. The van der Waals surface area contributed by atoms with Gasteiger partial charge in [0.15, 0.2) is 0 Å². The van der Waals surface area contributed by atoms with Crippen LogP contribution in [-0.4, -0.2) is 44.2 Å². The minimum Gasteiger partial charge on any atom is -0.497 e. The van der Waals surface area contributed by atoms with E-state index in [1.165, 1.54) is 43.5 Å². The molecule has 9 heteroatoms. The van der Waals surface area contributed by atoms with Gasteiger partial charge in [0.05, 0.1) is 17.7 Å². The van der Waals surface area contributed by atoms with Crippen molar-refractivity contribution in [3.05, 3.63) is 72.3 Å². The SMILES string of the molecule is COc1ccc(S(=O)(=O)N(CC(=O)O)c2ccc(/C=C/C(=O)O)c3ccccc23)cc1. The lowest BCUT2D eigenvalue weighted by Gasteiger charge is -2.25. The number of methoxy groups -OCH3 is 1. The molecule has 0 amide bonds. The van der Waals surface area contributed by atoms with Gasteiger partial charge in [-0.2, -0.15) is 0 Å². The highest BCUT2D eigenvalue weighted by molar-refractivity contribution is 7.92. The molecule has 0 aliphatic rings. The van der Waals surface area contributed by atoms with Crippen molar-refractivity contribution in [2.45, 2.75) is 4.90 Å². The fraction of sp³-hybridized carbons (Fsp3) is 0.0909. The van der Waals surface area contributed by atoms with Gasteiger partial charge in [-0.3, -0.25) is 9.10 Å². The molecule has 0 bridgehead atoms. The summed E-state index contributed by atoms with van der Waals surface area (Å²) in [5.41, 5.74) is 0.722. The zero-order valence-electron chi connectivity index (χ0n) is 16.4. The number of hydrogen-bond acceptors (Lipinski definition) is 5. The lowest BCUT2D eigenvalue weighted by molar-refractivity contribution is -0.135. The van der Waals surface area contributed by atoms with E-state index in [-0.39, 0.29) is 10.6 Å². The molecule has 31 heavy (non-hydrogen) atoms. The first-order valence-corrected chi connectivity index (χ1v) is 10.5. The van der Waals surface area contributed by atoms with Gasteiger partial charge in [-0.15, -0.1) is 0 Å². The Morgan fingerprint density at radius 3 is 2.19 bits per heavy atom. The molecule has 8 nitrogen and oxygen atoms in total. The van der Waals surface area contributed by atoms with E-state index in [2.05, 4.69) is 0 Å². The molecule has 0 heterocycles. The number of ether oxygens (including phenoxy) is 1. The van der Waals surface area contributed by atoms with E-state index < -0.39 is 28.5 Å². The smallest absolute Gasteiger partial charge is 0.328 e. The van der Waals surface area contributed by atoms with E-state index in [1.54, 1.807) is 30.3 Å². The highest BCUT2D eigenvalue weighted by Gasteiger charge is 2.28. The number of sulfonamides is 1. The third-order valence-electron chi connectivity index (χ3n) is 4.54. The van der Waals surface area contributed by atoms with Crippen LogP contribution in [0.15, 0.2) is 71.6 Å². The number of fused-ring (bicyclic) bond motifs is 1. The lowest BCUT2D eigenvalue weighted by Crippen LogP contribution is -2.35. The second kappa shape index (κ2) is 8.88. The van der Waals surface area contributed by atoms with E-state index in [0.29, 0.717) is 22.1 Å². The van der Waals surface area contributed by atoms with E-state index in [1.807, 2.05) is 0 Å². The zero-order chi connectivity index (χ0) is 22.6. The van der Waals surface area contributed by atoms with Gasteiger partial charge in [0, 0.05) is 11.5 Å². The number of benzene rings is 3. The highest BCUT2D eigenvalue weighted by atomic mass is 32.2. The molecule has 3 aromatic rings. The van der Waals surface area contributed by atoms with Crippen LogP contribution in [0.3, 0.4) is 0 Å². The van der Waals surface area contributed by atoms with Crippen molar-refractivity contribution in [3.63, 3.8) is 0 Å². The predicted molar refractivity (Wildman–Crippen MR) is 116 cm³/mol. The fourth-order valence-electron chi connectivity index (χ4n) is 3.13. The van der Waals surface area contributed by atoms with Crippen molar-refractivity contribution in [3.8, 4) is 5.75 Å². The van der Waals surface area contributed by atoms with Gasteiger partial charge < -0.3 is 14.9 Å². The first-order chi connectivity index (χ1) is 14.7. The summed E-state index contributed by atoms with van der Waals surface area (Å²) in [6.45, 7) is -0.789. The first-order valence-electron chi connectivity index (χ1n) is 9.05. The molecule has 2 N–H and O–H groups in total. The molecule has 0 unspecified atom stereocenters. The lowest BCUT2D eigenvalue weighted by atomic mass is 10.0. The standard InChI is InChI=1S/C22H19NO7S/c1-30-16-8-10-17(11-9-16)31(28,29)23(14-22(26)27)20-12-6-15(7-13-21(24)25)18-4-2-3-5-19(18)20/h2-13H,14H2,1H3,(H,24,25)(H,26,27)/b13-7+. The van der Waals surface area contributed by atoms with Gasteiger partial charge >= 0.3 is 11.9 Å². The summed E-state index contributed by atoms with van der Waals surface area (Å²) in [6, 6.07) is 15.4. The molecule has 0 saturated heterocycles. The third kappa shape index (κ3) is 4.67. The Morgan fingerprint density at radius 1 is 0.968 bits per heavy atom. The summed E-state index contributed by atoms with van der Waals surface area (Å²) in [5, 5.41) is 19.4. The molecule has 0 saturated carbocycles. The molecule has 0 radical (unpaired) electrons. The average Bonchev–Trinajstić information content (AvgIpc) is 2.75. The Bertz CT molecular complexity index is 1260. The molecule has 160 valence electrons. The van der Waals surface area contributed by atoms with Gasteiger partial charge in [0.1, 0.15) is 12.3 Å². The summed E-state index contributed by atoms with van der Waals surface area (Å²) in [5.74, 6) is -1.98. The van der Waals surface area contributed by atoms with Crippen molar-refractivity contribution in [1.82, 2.24) is 0 Å². The number of carbonyl (C=O) groups is 2. The second-order valence-electron chi connectivity index (χ2n) is 6.47. The predicted octanol–water partition coefficient (Wildman–Crippen LogP) is 3.23. The highest BCUT2D eigenvalue weighted by Crippen LogP contribution is 2.33. The Labute approximate surface area is 178 Å². The number of hydrogen-bond donors (Lipinski definition) is 2. The third-order valence-corrected chi connectivity index (χ3v) is 6.31. The van der Waals surface area contributed by atoms with Gasteiger partial charge in [-0.1, -0.05) is 30.3 Å². The number of nitrogens with zero attached hydrogens (tertiary/aromatic N) is 1. The van der Waals surface area contributed by atoms with E-state index in [4.69, 9.17) is 9.84 Å². The monoisotopic (exact) mass is 441 g/mol. The van der Waals surface area contributed by atoms with Crippen LogP contribution in [0, 0.1) is 0 Å². The molecule has 3 aromatic carbocycles. The van der Waals surface area contributed by atoms with Crippen molar-refractivity contribution in [2.75, 3.05) is 18.0 Å². The molecule has 0 aliphatic heterocycles. The average molecular weight is 441 g/mol. The van der Waals surface area contributed by atoms with Crippen LogP contribution in [0.25, 0.3) is 16.8 Å². The van der Waals surface area contributed by atoms with Crippen LogP contribution >= 0.6 is 0 Å². The van der Waals surface area contributed by atoms with Gasteiger partial charge in [-0.05, 0) is 47.4 Å². The normalized spacial score (nSPS) is 11.5. The first kappa shape index (κ1) is 21.8. The maximum atomic E-state index is 13.3. The summed E-state index contributed by atoms with van der Waals surface area (Å²) >= 11 is 0. The minimum atomic E-state index is -4.22. The Hall–Kier alpha value is -3.85. The maximum absolute atomic E-state index is 13.3. The summed E-state index contributed by atoms with van der Waals surface area (Å²) in [7, 11) is -2.77. The van der Waals surface area contributed by atoms with E-state index in [9.17, 15) is 23.1 Å². The number of rotatable bonds is 8. The summed E-state index contributed by atoms with van der Waals surface area (Å²) in [6.07, 6.45) is 2.37. The quantitative estimate of drug-likeness (QED) is 0.515. The van der Waals surface area contributed by atoms with Gasteiger partial charge in [0.25, 0.3) is 10.0 Å². The maximum Gasteiger partial charge on any atom is 0.328 e. The number of carboxylic acid groups (broad SMARTS) is 2. The van der Waals surface area contributed by atoms with Crippen molar-refractivity contribution < 1.29 is 33.0 Å². The zero-order valence-corrected chi connectivity index (χ0v) is 17.2.